The number of piperidine rings is 1. The van der Waals surface area contributed by atoms with Gasteiger partial charge in [0, 0.05) is 18.0 Å². The van der Waals surface area contributed by atoms with Crippen LogP contribution in [0, 0.1) is 12.8 Å². The van der Waals surface area contributed by atoms with Crippen LogP contribution >= 0.6 is 22.7 Å². The highest BCUT2D eigenvalue weighted by Crippen LogP contribution is 2.33. The van der Waals surface area contributed by atoms with Crippen LogP contribution in [0.3, 0.4) is 0 Å². The van der Waals surface area contributed by atoms with Crippen LogP contribution < -0.4 is 0 Å². The summed E-state index contributed by atoms with van der Waals surface area (Å²) in [6.07, 6.45) is 2.09. The lowest BCUT2D eigenvalue weighted by atomic mass is 9.90. The number of rotatable bonds is 4. The van der Waals surface area contributed by atoms with Crippen molar-refractivity contribution in [1.82, 2.24) is 9.88 Å². The van der Waals surface area contributed by atoms with Crippen LogP contribution in [0.4, 0.5) is 0 Å². The number of thiazole rings is 1. The third-order valence-corrected chi connectivity index (χ3v) is 6.39. The number of aliphatic hydroxyl groups is 1. The predicted octanol–water partition coefficient (Wildman–Crippen LogP) is 3.66. The highest BCUT2D eigenvalue weighted by atomic mass is 32.1. The van der Waals surface area contributed by atoms with Crippen molar-refractivity contribution in [2.45, 2.75) is 39.2 Å². The van der Waals surface area contributed by atoms with Gasteiger partial charge in [-0.3, -0.25) is 4.79 Å². The van der Waals surface area contributed by atoms with Crippen molar-refractivity contribution in [2.75, 3.05) is 13.1 Å². The molecule has 1 saturated heterocycles. The van der Waals surface area contributed by atoms with Crippen LogP contribution in [0.5, 0.6) is 0 Å². The molecule has 3 heterocycles. The fourth-order valence-electron chi connectivity index (χ4n) is 3.13. The van der Waals surface area contributed by atoms with Crippen LogP contribution in [0.2, 0.25) is 0 Å². The molecule has 3 rings (SSSR count). The molecule has 124 valence electrons. The van der Waals surface area contributed by atoms with Crippen molar-refractivity contribution in [3.63, 3.8) is 0 Å². The first-order chi connectivity index (χ1) is 11.1. The number of thiophene rings is 1. The van der Waals surface area contributed by atoms with Crippen molar-refractivity contribution in [3.05, 3.63) is 38.0 Å². The Morgan fingerprint density at radius 3 is 2.83 bits per heavy atom. The zero-order valence-corrected chi connectivity index (χ0v) is 15.1. The molecule has 0 aromatic carbocycles. The van der Waals surface area contributed by atoms with Gasteiger partial charge in [-0.05, 0) is 43.6 Å². The first-order valence-electron chi connectivity index (χ1n) is 8.07. The molecule has 1 aliphatic heterocycles. The van der Waals surface area contributed by atoms with Crippen molar-refractivity contribution >= 4 is 28.6 Å². The Labute approximate surface area is 144 Å². The van der Waals surface area contributed by atoms with E-state index in [0.29, 0.717) is 13.1 Å². The SMILES string of the molecule is CCc1nc(C)sc1C(=O)N1CCC([C@H](O)c2cccs2)CC1. The Hall–Kier alpha value is -1.24. The lowest BCUT2D eigenvalue weighted by Gasteiger charge is -2.33. The average Bonchev–Trinajstić information content (AvgIpc) is 3.23. The molecule has 2 aromatic rings. The molecule has 1 aliphatic rings. The van der Waals surface area contributed by atoms with E-state index in [1.807, 2.05) is 36.3 Å². The number of hydrogen-bond acceptors (Lipinski definition) is 5. The molecule has 1 fully saturated rings. The lowest BCUT2D eigenvalue weighted by molar-refractivity contribution is 0.0476. The molecule has 0 spiro atoms. The minimum atomic E-state index is -0.399. The Morgan fingerprint density at radius 1 is 1.48 bits per heavy atom. The minimum Gasteiger partial charge on any atom is -0.387 e. The van der Waals surface area contributed by atoms with Crippen LogP contribution in [0.1, 0.15) is 51.1 Å². The Bertz CT molecular complexity index is 658. The van der Waals surface area contributed by atoms with Crippen molar-refractivity contribution in [1.29, 1.82) is 0 Å². The smallest absolute Gasteiger partial charge is 0.265 e. The summed E-state index contributed by atoms with van der Waals surface area (Å²) in [6, 6.07) is 3.96. The number of aliphatic hydroxyl groups excluding tert-OH is 1. The van der Waals surface area contributed by atoms with Crippen LogP contribution in [-0.2, 0) is 6.42 Å². The number of likely N-dealkylation sites (tertiary alicyclic amines) is 1. The normalized spacial score (nSPS) is 17.4. The van der Waals surface area contributed by atoms with E-state index >= 15 is 0 Å². The topological polar surface area (TPSA) is 53.4 Å². The molecule has 2 aromatic heterocycles. The molecular formula is C17H22N2O2S2. The number of nitrogens with zero attached hydrogens (tertiary/aromatic N) is 2. The lowest BCUT2D eigenvalue weighted by Crippen LogP contribution is -2.39. The zero-order valence-electron chi connectivity index (χ0n) is 13.5. The largest absolute Gasteiger partial charge is 0.387 e. The maximum Gasteiger partial charge on any atom is 0.265 e. The summed E-state index contributed by atoms with van der Waals surface area (Å²) in [4.78, 5) is 20.9. The van der Waals surface area contributed by atoms with Gasteiger partial charge in [-0.2, -0.15) is 0 Å². The van der Waals surface area contributed by atoms with E-state index in [1.54, 1.807) is 11.3 Å². The number of aryl methyl sites for hydroxylation is 2. The second-order valence-electron chi connectivity index (χ2n) is 5.95. The van der Waals surface area contributed by atoms with E-state index in [0.717, 1.165) is 39.7 Å². The predicted molar refractivity (Wildman–Crippen MR) is 94.1 cm³/mol. The monoisotopic (exact) mass is 350 g/mol. The van der Waals surface area contributed by atoms with Gasteiger partial charge in [0.2, 0.25) is 0 Å². The molecular weight excluding hydrogens is 328 g/mol. The number of aromatic nitrogens is 1. The molecule has 1 amide bonds. The van der Waals surface area contributed by atoms with Gasteiger partial charge >= 0.3 is 0 Å². The van der Waals surface area contributed by atoms with E-state index in [2.05, 4.69) is 4.98 Å². The van der Waals surface area contributed by atoms with Gasteiger partial charge in [0.15, 0.2) is 0 Å². The standard InChI is InChI=1S/C17H22N2O2S2/c1-3-13-16(23-11(2)18-13)17(21)19-8-6-12(7-9-19)15(20)14-5-4-10-22-14/h4-5,10,12,15,20H,3,6-9H2,1-2H3/t15-/m0/s1. The third kappa shape index (κ3) is 3.49. The summed E-state index contributed by atoms with van der Waals surface area (Å²) >= 11 is 3.09. The Kier molecular flexibility index (Phi) is 5.14. The first kappa shape index (κ1) is 16.6. The van der Waals surface area contributed by atoms with Crippen molar-refractivity contribution in [3.8, 4) is 0 Å². The first-order valence-corrected chi connectivity index (χ1v) is 9.76. The Balaban J connectivity index is 1.63. The maximum absolute atomic E-state index is 12.7. The van der Waals surface area contributed by atoms with Gasteiger partial charge in [0.25, 0.3) is 5.91 Å². The summed E-state index contributed by atoms with van der Waals surface area (Å²) in [5, 5.41) is 13.4. The molecule has 1 atom stereocenters. The number of hydrogen-bond donors (Lipinski definition) is 1. The molecule has 0 aliphatic carbocycles. The van der Waals surface area contributed by atoms with Crippen LogP contribution in [0.15, 0.2) is 17.5 Å². The maximum atomic E-state index is 12.7. The van der Waals surface area contributed by atoms with Crippen molar-refractivity contribution < 1.29 is 9.90 Å². The highest BCUT2D eigenvalue weighted by Gasteiger charge is 2.30. The van der Waals surface area contributed by atoms with E-state index in [-0.39, 0.29) is 11.8 Å². The number of carbonyl (C=O) groups is 1. The molecule has 4 nitrogen and oxygen atoms in total. The molecule has 0 saturated carbocycles. The molecule has 0 unspecified atom stereocenters. The van der Waals surface area contributed by atoms with E-state index in [1.165, 1.54) is 11.3 Å². The van der Waals surface area contributed by atoms with Gasteiger partial charge in [0.1, 0.15) is 4.88 Å². The van der Waals surface area contributed by atoms with Crippen LogP contribution in [-0.4, -0.2) is 34.0 Å². The third-order valence-electron chi connectivity index (χ3n) is 4.44. The Morgan fingerprint density at radius 2 is 2.22 bits per heavy atom. The summed E-state index contributed by atoms with van der Waals surface area (Å²) in [6.45, 7) is 5.41. The summed E-state index contributed by atoms with van der Waals surface area (Å²) in [5.74, 6) is 0.350. The molecule has 6 heteroatoms. The van der Waals surface area contributed by atoms with E-state index in [4.69, 9.17) is 0 Å². The average molecular weight is 351 g/mol. The summed E-state index contributed by atoms with van der Waals surface area (Å²) in [5.41, 5.74) is 0.915. The number of amides is 1. The summed E-state index contributed by atoms with van der Waals surface area (Å²) < 4.78 is 0. The van der Waals surface area contributed by atoms with Crippen molar-refractivity contribution in [2.24, 2.45) is 5.92 Å². The number of carbonyl (C=O) groups excluding carboxylic acids is 1. The van der Waals surface area contributed by atoms with Gasteiger partial charge in [0.05, 0.1) is 16.8 Å². The fourth-order valence-corrected chi connectivity index (χ4v) is 4.91. The second kappa shape index (κ2) is 7.11. The van der Waals surface area contributed by atoms with E-state index in [9.17, 15) is 9.90 Å². The van der Waals surface area contributed by atoms with Gasteiger partial charge in [-0.15, -0.1) is 22.7 Å². The molecule has 0 bridgehead atoms. The van der Waals surface area contributed by atoms with Crippen LogP contribution in [0.25, 0.3) is 0 Å². The highest BCUT2D eigenvalue weighted by molar-refractivity contribution is 7.13. The quantitative estimate of drug-likeness (QED) is 0.915. The fraction of sp³-hybridized carbons (Fsp3) is 0.529. The van der Waals surface area contributed by atoms with Gasteiger partial charge in [-0.25, -0.2) is 4.98 Å². The molecule has 1 N–H and O–H groups in total. The van der Waals surface area contributed by atoms with Gasteiger partial charge in [-0.1, -0.05) is 13.0 Å². The molecule has 0 radical (unpaired) electrons. The van der Waals surface area contributed by atoms with E-state index < -0.39 is 6.10 Å². The second-order valence-corrected chi connectivity index (χ2v) is 8.13. The zero-order chi connectivity index (χ0) is 16.4. The summed E-state index contributed by atoms with van der Waals surface area (Å²) in [7, 11) is 0. The minimum absolute atomic E-state index is 0.108. The van der Waals surface area contributed by atoms with Gasteiger partial charge < -0.3 is 10.0 Å². The molecule has 23 heavy (non-hydrogen) atoms.